The molecule has 2 rings (SSSR count). The van der Waals surface area contributed by atoms with Gasteiger partial charge in [0.25, 0.3) is 0 Å². The fourth-order valence-corrected chi connectivity index (χ4v) is 1.36. The first-order chi connectivity index (χ1) is 6.11. The monoisotopic (exact) mass is 181 g/mol. The molecule has 0 spiro atoms. The Kier molecular flexibility index (Phi) is 1.76. The zero-order valence-electron chi connectivity index (χ0n) is 7.82. The molecule has 1 fully saturated rings. The first-order valence-electron chi connectivity index (χ1n) is 4.53. The summed E-state index contributed by atoms with van der Waals surface area (Å²) in [6, 6.07) is 0. The van der Waals surface area contributed by atoms with Gasteiger partial charge >= 0.3 is 0 Å². The van der Waals surface area contributed by atoms with Gasteiger partial charge in [-0.3, -0.25) is 0 Å². The number of nitrogens with zero attached hydrogens (tertiary/aromatic N) is 3. The summed E-state index contributed by atoms with van der Waals surface area (Å²) in [6.45, 7) is 0. The lowest BCUT2D eigenvalue weighted by molar-refractivity contribution is 0.585. The predicted octanol–water partition coefficient (Wildman–Crippen LogP) is -0.179. The van der Waals surface area contributed by atoms with Crippen LogP contribution in [0.15, 0.2) is 0 Å². The minimum atomic E-state index is 0.0840. The molecule has 0 aliphatic heterocycles. The summed E-state index contributed by atoms with van der Waals surface area (Å²) in [7, 11) is 1.88. The Balaban J connectivity index is 1.97. The maximum atomic E-state index is 5.96. The van der Waals surface area contributed by atoms with Crippen LogP contribution in [0.25, 0.3) is 0 Å². The molecule has 13 heavy (non-hydrogen) atoms. The average molecular weight is 181 g/mol. The molecule has 1 aromatic heterocycles. The predicted molar refractivity (Wildman–Crippen MR) is 49.9 cm³/mol. The van der Waals surface area contributed by atoms with Crippen molar-refractivity contribution in [2.24, 2.45) is 12.8 Å². The Bertz CT molecular complexity index is 312. The van der Waals surface area contributed by atoms with Crippen LogP contribution in [-0.2, 0) is 13.5 Å². The summed E-state index contributed by atoms with van der Waals surface area (Å²) >= 11 is 0. The molecule has 0 bridgehead atoms. The van der Waals surface area contributed by atoms with Crippen LogP contribution in [0.2, 0.25) is 0 Å². The second-order valence-electron chi connectivity index (χ2n) is 3.90. The number of nitrogens with two attached hydrogens (primary N) is 2. The molecule has 72 valence electrons. The summed E-state index contributed by atoms with van der Waals surface area (Å²) in [4.78, 5) is 0. The lowest BCUT2D eigenvalue weighted by Gasteiger charge is -2.06. The maximum Gasteiger partial charge on any atom is 0.221 e. The lowest BCUT2D eigenvalue weighted by Crippen LogP contribution is -2.22. The van der Waals surface area contributed by atoms with Crippen LogP contribution < -0.4 is 11.5 Å². The third-order valence-corrected chi connectivity index (χ3v) is 2.74. The van der Waals surface area contributed by atoms with E-state index in [0.717, 1.165) is 31.5 Å². The van der Waals surface area contributed by atoms with Gasteiger partial charge in [0.05, 0.1) is 0 Å². The van der Waals surface area contributed by atoms with E-state index in [1.54, 1.807) is 0 Å². The Morgan fingerprint density at radius 1 is 1.46 bits per heavy atom. The van der Waals surface area contributed by atoms with Crippen LogP contribution in [0, 0.1) is 0 Å². The van der Waals surface area contributed by atoms with Crippen LogP contribution in [-0.4, -0.2) is 20.3 Å². The number of rotatable bonds is 3. The van der Waals surface area contributed by atoms with Crippen molar-refractivity contribution in [3.8, 4) is 0 Å². The third-order valence-electron chi connectivity index (χ3n) is 2.74. The number of hydrogen-bond donors (Lipinski definition) is 2. The summed E-state index contributed by atoms with van der Waals surface area (Å²) in [6.07, 6.45) is 4.14. The average Bonchev–Trinajstić information content (AvgIpc) is 2.75. The molecule has 5 heteroatoms. The smallest absolute Gasteiger partial charge is 0.221 e. The fourth-order valence-electron chi connectivity index (χ4n) is 1.36. The van der Waals surface area contributed by atoms with E-state index in [1.807, 2.05) is 11.6 Å². The van der Waals surface area contributed by atoms with Crippen molar-refractivity contribution in [2.45, 2.75) is 31.2 Å². The number of anilines is 1. The van der Waals surface area contributed by atoms with Gasteiger partial charge in [0.1, 0.15) is 5.82 Å². The van der Waals surface area contributed by atoms with E-state index < -0.39 is 0 Å². The molecule has 1 heterocycles. The molecule has 0 amide bonds. The van der Waals surface area contributed by atoms with E-state index in [9.17, 15) is 0 Å². The van der Waals surface area contributed by atoms with Crippen LogP contribution in [0.4, 0.5) is 5.95 Å². The van der Waals surface area contributed by atoms with E-state index in [0.29, 0.717) is 5.95 Å². The molecular weight excluding hydrogens is 166 g/mol. The normalized spacial score (nSPS) is 18.9. The number of nitrogen functional groups attached to an aromatic ring is 1. The van der Waals surface area contributed by atoms with Crippen molar-refractivity contribution in [1.82, 2.24) is 14.8 Å². The minimum Gasteiger partial charge on any atom is -0.368 e. The van der Waals surface area contributed by atoms with Gasteiger partial charge in [0, 0.05) is 19.0 Å². The second kappa shape index (κ2) is 2.70. The SMILES string of the molecule is Cn1c(N)nnc1CCC1(N)CC1. The largest absolute Gasteiger partial charge is 0.368 e. The van der Waals surface area contributed by atoms with Crippen molar-refractivity contribution in [1.29, 1.82) is 0 Å². The number of hydrogen-bond acceptors (Lipinski definition) is 4. The Labute approximate surface area is 77.1 Å². The standard InChI is InChI=1S/C8H15N5/c1-13-6(11-12-7(13)9)2-3-8(10)4-5-8/h2-5,10H2,1H3,(H2,9,12). The maximum absolute atomic E-state index is 5.96. The van der Waals surface area contributed by atoms with Crippen molar-refractivity contribution in [2.75, 3.05) is 5.73 Å². The van der Waals surface area contributed by atoms with Crippen molar-refractivity contribution in [3.63, 3.8) is 0 Å². The molecule has 1 aliphatic carbocycles. The van der Waals surface area contributed by atoms with Gasteiger partial charge < -0.3 is 16.0 Å². The molecule has 0 unspecified atom stereocenters. The van der Waals surface area contributed by atoms with Gasteiger partial charge in [0.2, 0.25) is 5.95 Å². The fraction of sp³-hybridized carbons (Fsp3) is 0.750. The molecule has 1 aliphatic rings. The highest BCUT2D eigenvalue weighted by Crippen LogP contribution is 2.36. The molecule has 5 nitrogen and oxygen atoms in total. The van der Waals surface area contributed by atoms with Crippen molar-refractivity contribution < 1.29 is 0 Å². The number of aromatic nitrogens is 3. The van der Waals surface area contributed by atoms with Crippen LogP contribution in [0.3, 0.4) is 0 Å². The van der Waals surface area contributed by atoms with E-state index in [4.69, 9.17) is 11.5 Å². The lowest BCUT2D eigenvalue weighted by atomic mass is 10.1. The Hall–Kier alpha value is -1.10. The van der Waals surface area contributed by atoms with Crippen LogP contribution in [0.1, 0.15) is 25.1 Å². The van der Waals surface area contributed by atoms with E-state index in [1.165, 1.54) is 0 Å². The van der Waals surface area contributed by atoms with Crippen molar-refractivity contribution >= 4 is 5.95 Å². The topological polar surface area (TPSA) is 82.8 Å². The molecule has 1 aromatic rings. The Morgan fingerprint density at radius 3 is 2.62 bits per heavy atom. The summed E-state index contributed by atoms with van der Waals surface area (Å²) in [5, 5.41) is 7.77. The molecule has 4 N–H and O–H groups in total. The van der Waals surface area contributed by atoms with Crippen LogP contribution >= 0.6 is 0 Å². The quantitative estimate of drug-likeness (QED) is 0.677. The first kappa shape index (κ1) is 8.50. The Morgan fingerprint density at radius 2 is 2.15 bits per heavy atom. The zero-order valence-corrected chi connectivity index (χ0v) is 7.82. The molecule has 0 aromatic carbocycles. The van der Waals surface area contributed by atoms with Gasteiger partial charge in [-0.1, -0.05) is 0 Å². The molecular formula is C8H15N5. The number of aryl methyl sites for hydroxylation is 1. The van der Waals surface area contributed by atoms with Gasteiger partial charge in [-0.2, -0.15) is 0 Å². The minimum absolute atomic E-state index is 0.0840. The second-order valence-corrected chi connectivity index (χ2v) is 3.90. The highest BCUT2D eigenvalue weighted by Gasteiger charge is 2.37. The van der Waals surface area contributed by atoms with Gasteiger partial charge in [-0.25, -0.2) is 0 Å². The van der Waals surface area contributed by atoms with Crippen molar-refractivity contribution in [3.05, 3.63) is 5.82 Å². The molecule has 0 radical (unpaired) electrons. The van der Waals surface area contributed by atoms with Gasteiger partial charge in [-0.15, -0.1) is 10.2 Å². The molecule has 0 atom stereocenters. The summed E-state index contributed by atoms with van der Waals surface area (Å²) < 4.78 is 1.81. The van der Waals surface area contributed by atoms with E-state index >= 15 is 0 Å². The molecule has 1 saturated carbocycles. The summed E-state index contributed by atoms with van der Waals surface area (Å²) in [5.41, 5.74) is 11.6. The van der Waals surface area contributed by atoms with Gasteiger partial charge in [0.15, 0.2) is 0 Å². The van der Waals surface area contributed by atoms with E-state index in [2.05, 4.69) is 10.2 Å². The van der Waals surface area contributed by atoms with Gasteiger partial charge in [-0.05, 0) is 19.3 Å². The highest BCUT2D eigenvalue weighted by molar-refractivity contribution is 5.16. The van der Waals surface area contributed by atoms with Crippen LogP contribution in [0.5, 0.6) is 0 Å². The molecule has 0 saturated heterocycles. The zero-order chi connectivity index (χ0) is 9.47. The first-order valence-corrected chi connectivity index (χ1v) is 4.53. The third kappa shape index (κ3) is 1.65. The highest BCUT2D eigenvalue weighted by atomic mass is 15.3. The van der Waals surface area contributed by atoms with E-state index in [-0.39, 0.29) is 5.54 Å². The summed E-state index contributed by atoms with van der Waals surface area (Å²) in [5.74, 6) is 1.39.